The second-order valence-electron chi connectivity index (χ2n) is 0.612. The average Bonchev–Trinajstić information content (AvgIpc) is 1.63. The van der Waals surface area contributed by atoms with Crippen molar-refractivity contribution in [1.82, 2.24) is 0 Å². The zero-order chi connectivity index (χ0) is 7.28. The third-order valence-corrected chi connectivity index (χ3v) is 0.500. The standard InChI is InChI=1S/H2O7S2/c1-8(2)6-5-7-9(3)4/h(H,1,2)(H,3,4)/p-2. The van der Waals surface area contributed by atoms with Gasteiger partial charge in [-0.05, 0) is 5.04 Å². The summed E-state index contributed by atoms with van der Waals surface area (Å²) in [6.07, 6.45) is 0. The first-order valence-electron chi connectivity index (χ1n) is 1.33. The molecule has 7 nitrogen and oxygen atoms in total. The summed E-state index contributed by atoms with van der Waals surface area (Å²) in [6, 6.07) is 0. The van der Waals surface area contributed by atoms with Gasteiger partial charge >= 0.3 is 0 Å². The Kier molecular flexibility index (Phi) is 4.99. The van der Waals surface area contributed by atoms with E-state index in [9.17, 15) is 17.5 Å². The van der Waals surface area contributed by atoms with E-state index in [4.69, 9.17) is 0 Å². The molecule has 0 fully saturated rings. The van der Waals surface area contributed by atoms with Crippen LogP contribution in [0.4, 0.5) is 0 Å². The molecule has 9 heteroatoms. The monoisotopic (exact) mass is 176 g/mol. The molecule has 0 aromatic carbocycles. The first kappa shape index (κ1) is 9.10. The van der Waals surface area contributed by atoms with Crippen molar-refractivity contribution in [3.63, 3.8) is 0 Å². The van der Waals surface area contributed by atoms with Crippen molar-refractivity contribution in [3.05, 3.63) is 0 Å². The van der Waals surface area contributed by atoms with Gasteiger partial charge in [0.05, 0.1) is 0 Å². The minimum absolute atomic E-state index is 2.95. The average molecular weight is 176 g/mol. The van der Waals surface area contributed by atoms with Gasteiger partial charge in [-0.15, -0.1) is 8.67 Å². The van der Waals surface area contributed by atoms with Gasteiger partial charge in [0.1, 0.15) is 22.7 Å². The number of hydrogen-bond donors (Lipinski definition) is 0. The zero-order valence-corrected chi connectivity index (χ0v) is 5.31. The van der Waals surface area contributed by atoms with E-state index in [2.05, 4.69) is 13.7 Å². The molecular formula is O7S2-2. The first-order chi connectivity index (χ1) is 4.13. The highest BCUT2D eigenvalue weighted by atomic mass is 32.2. The van der Waals surface area contributed by atoms with Crippen molar-refractivity contribution in [1.29, 1.82) is 0 Å². The van der Waals surface area contributed by atoms with Gasteiger partial charge in [-0.2, -0.15) is 0 Å². The molecule has 0 aromatic rings. The molecule has 0 aliphatic heterocycles. The Balaban J connectivity index is 3.10. The Bertz CT molecular complexity index is 102. The SMILES string of the molecule is O=S([O-])OOOS(=O)[O-]. The Morgan fingerprint density at radius 1 is 1.00 bits per heavy atom. The molecule has 0 N–H and O–H groups in total. The Hall–Kier alpha value is 0.1000. The highest BCUT2D eigenvalue weighted by molar-refractivity contribution is 7.74. The molecule has 0 radical (unpaired) electrons. The summed E-state index contributed by atoms with van der Waals surface area (Å²) in [6.45, 7) is 0. The van der Waals surface area contributed by atoms with Crippen LogP contribution in [-0.2, 0) is 36.4 Å². The Morgan fingerprint density at radius 3 is 1.56 bits per heavy atom. The fourth-order valence-corrected chi connectivity index (χ4v) is 0.238. The van der Waals surface area contributed by atoms with Gasteiger partial charge in [0.15, 0.2) is 0 Å². The normalized spacial score (nSPS) is 17.1. The van der Waals surface area contributed by atoms with E-state index in [1.165, 1.54) is 0 Å². The molecule has 56 valence electrons. The van der Waals surface area contributed by atoms with Crippen LogP contribution < -0.4 is 0 Å². The third-order valence-electron chi connectivity index (χ3n) is 0.167. The topological polar surface area (TPSA) is 108 Å². The predicted molar refractivity (Wildman–Crippen MR) is 21.1 cm³/mol. The fraction of sp³-hybridized carbons (Fsp3) is 0. The minimum atomic E-state index is -2.95. The van der Waals surface area contributed by atoms with Crippen molar-refractivity contribution in [2.24, 2.45) is 0 Å². The van der Waals surface area contributed by atoms with Crippen LogP contribution in [0.15, 0.2) is 0 Å². The summed E-state index contributed by atoms with van der Waals surface area (Å²) in [7, 11) is 0. The molecule has 0 saturated heterocycles. The largest absolute Gasteiger partial charge is 0.747 e. The van der Waals surface area contributed by atoms with Gasteiger partial charge in [-0.1, -0.05) is 0 Å². The summed E-state index contributed by atoms with van der Waals surface area (Å²) in [4.78, 5) is 0. The van der Waals surface area contributed by atoms with Crippen molar-refractivity contribution in [2.45, 2.75) is 0 Å². The molecule has 0 bridgehead atoms. The molecular weight excluding hydrogens is 176 g/mol. The molecule has 0 aromatic heterocycles. The Labute approximate surface area is 54.7 Å². The quantitative estimate of drug-likeness (QED) is 0.290. The van der Waals surface area contributed by atoms with E-state index in [1.807, 2.05) is 0 Å². The van der Waals surface area contributed by atoms with Crippen LogP contribution in [-0.4, -0.2) is 17.5 Å². The van der Waals surface area contributed by atoms with Crippen LogP contribution in [0.2, 0.25) is 0 Å². The van der Waals surface area contributed by atoms with E-state index < -0.39 is 22.7 Å². The van der Waals surface area contributed by atoms with Gasteiger partial charge in [0.2, 0.25) is 0 Å². The van der Waals surface area contributed by atoms with E-state index in [1.54, 1.807) is 0 Å². The van der Waals surface area contributed by atoms with E-state index >= 15 is 0 Å². The van der Waals surface area contributed by atoms with Crippen LogP contribution in [0.1, 0.15) is 0 Å². The molecule has 0 aliphatic rings. The summed E-state index contributed by atoms with van der Waals surface area (Å²) in [5.41, 5.74) is 0. The lowest BCUT2D eigenvalue weighted by atomic mass is 14.6. The molecule has 0 saturated carbocycles. The lowest BCUT2D eigenvalue weighted by molar-refractivity contribution is -0.407. The van der Waals surface area contributed by atoms with Crippen molar-refractivity contribution in [3.8, 4) is 0 Å². The van der Waals surface area contributed by atoms with E-state index in [0.29, 0.717) is 0 Å². The van der Waals surface area contributed by atoms with Crippen molar-refractivity contribution < 1.29 is 31.2 Å². The van der Waals surface area contributed by atoms with Gasteiger partial charge in [-0.25, -0.2) is 8.42 Å². The van der Waals surface area contributed by atoms with Crippen LogP contribution in [0.5, 0.6) is 0 Å². The van der Waals surface area contributed by atoms with E-state index in [0.717, 1.165) is 0 Å². The molecule has 0 rings (SSSR count). The van der Waals surface area contributed by atoms with Crippen LogP contribution >= 0.6 is 0 Å². The van der Waals surface area contributed by atoms with Crippen LogP contribution in [0.3, 0.4) is 0 Å². The fourth-order valence-electron chi connectivity index (χ4n) is 0.0567. The summed E-state index contributed by atoms with van der Waals surface area (Å²) in [5.74, 6) is 0. The summed E-state index contributed by atoms with van der Waals surface area (Å²) in [5, 5.41) is 3.13. The molecule has 0 amide bonds. The molecule has 0 aliphatic carbocycles. The van der Waals surface area contributed by atoms with Gasteiger partial charge < -0.3 is 9.11 Å². The Morgan fingerprint density at radius 2 is 1.33 bits per heavy atom. The maximum absolute atomic E-state index is 9.35. The van der Waals surface area contributed by atoms with E-state index in [-0.39, 0.29) is 0 Å². The van der Waals surface area contributed by atoms with Crippen molar-refractivity contribution in [2.75, 3.05) is 0 Å². The second-order valence-corrected chi connectivity index (χ2v) is 1.70. The minimum Gasteiger partial charge on any atom is -0.747 e. The second kappa shape index (κ2) is 4.93. The zero-order valence-electron chi connectivity index (χ0n) is 3.67. The molecule has 9 heavy (non-hydrogen) atoms. The molecule has 0 spiro atoms. The molecule has 2 unspecified atom stereocenters. The van der Waals surface area contributed by atoms with Gasteiger partial charge in [0.25, 0.3) is 0 Å². The van der Waals surface area contributed by atoms with Gasteiger partial charge in [0, 0.05) is 0 Å². The van der Waals surface area contributed by atoms with Crippen LogP contribution in [0, 0.1) is 0 Å². The smallest absolute Gasteiger partial charge is 0.124 e. The van der Waals surface area contributed by atoms with Gasteiger partial charge in [-0.3, -0.25) is 0 Å². The van der Waals surface area contributed by atoms with Crippen molar-refractivity contribution >= 4 is 22.7 Å². The highest BCUT2D eigenvalue weighted by Crippen LogP contribution is 1.85. The third kappa shape index (κ3) is 8.10. The predicted octanol–water partition coefficient (Wildman–Crippen LogP) is -1.55. The summed E-state index contributed by atoms with van der Waals surface area (Å²) < 4.78 is 43.7. The lowest BCUT2D eigenvalue weighted by Gasteiger charge is -2.03. The van der Waals surface area contributed by atoms with Crippen LogP contribution in [0.25, 0.3) is 0 Å². The first-order valence-corrected chi connectivity index (χ1v) is 3.33. The lowest BCUT2D eigenvalue weighted by Crippen LogP contribution is -2.00. The number of hydrogen-bond acceptors (Lipinski definition) is 7. The maximum Gasteiger partial charge on any atom is 0.124 e. The number of rotatable bonds is 4. The molecule has 2 atom stereocenters. The molecule has 0 heterocycles. The summed E-state index contributed by atoms with van der Waals surface area (Å²) >= 11 is -5.91. The highest BCUT2D eigenvalue weighted by Gasteiger charge is 1.85. The maximum atomic E-state index is 9.35.